The molecule has 0 saturated heterocycles. The van der Waals surface area contributed by atoms with Crippen molar-refractivity contribution in [1.29, 1.82) is 0 Å². The van der Waals surface area contributed by atoms with Gasteiger partial charge in [0.1, 0.15) is 5.76 Å². The maximum atomic E-state index is 5.98. The van der Waals surface area contributed by atoms with E-state index in [0.29, 0.717) is 6.04 Å². The molecule has 0 unspecified atom stereocenters. The van der Waals surface area contributed by atoms with Crippen LogP contribution in [0.3, 0.4) is 0 Å². The smallest absolute Gasteiger partial charge is 0.134 e. The van der Waals surface area contributed by atoms with Crippen LogP contribution in [-0.4, -0.2) is 12.6 Å². The molecule has 1 aliphatic rings. The Morgan fingerprint density at radius 1 is 1.09 bits per heavy atom. The lowest BCUT2D eigenvalue weighted by atomic mass is 9.86. The number of benzene rings is 1. The molecule has 1 aromatic heterocycles. The van der Waals surface area contributed by atoms with Gasteiger partial charge in [-0.3, -0.25) is 0 Å². The third-order valence-corrected chi connectivity index (χ3v) is 5.05. The SMILES string of the molecule is Cc1c(NCC2CCC(N)CC2)ccc(-c2ccco2)c1C. The fourth-order valence-electron chi connectivity index (χ4n) is 3.36. The Balaban J connectivity index is 1.68. The highest BCUT2D eigenvalue weighted by Gasteiger charge is 2.18. The van der Waals surface area contributed by atoms with E-state index in [4.69, 9.17) is 10.2 Å². The van der Waals surface area contributed by atoms with Crippen LogP contribution in [0.25, 0.3) is 11.3 Å². The maximum Gasteiger partial charge on any atom is 0.134 e. The third-order valence-electron chi connectivity index (χ3n) is 5.05. The molecule has 0 aliphatic heterocycles. The second-order valence-electron chi connectivity index (χ2n) is 6.55. The van der Waals surface area contributed by atoms with Crippen molar-refractivity contribution in [1.82, 2.24) is 0 Å². The van der Waals surface area contributed by atoms with Crippen LogP contribution in [0.1, 0.15) is 36.8 Å². The van der Waals surface area contributed by atoms with Crippen LogP contribution in [0.5, 0.6) is 0 Å². The molecule has 3 N–H and O–H groups in total. The van der Waals surface area contributed by atoms with Gasteiger partial charge < -0.3 is 15.5 Å². The Kier molecular flexibility index (Phi) is 4.53. The zero-order valence-corrected chi connectivity index (χ0v) is 13.6. The number of nitrogens with two attached hydrogens (primary N) is 1. The van der Waals surface area contributed by atoms with Crippen molar-refractivity contribution >= 4 is 5.69 Å². The van der Waals surface area contributed by atoms with Crippen LogP contribution in [-0.2, 0) is 0 Å². The van der Waals surface area contributed by atoms with Gasteiger partial charge in [-0.25, -0.2) is 0 Å². The first-order valence-electron chi connectivity index (χ1n) is 8.28. The van der Waals surface area contributed by atoms with E-state index >= 15 is 0 Å². The van der Waals surface area contributed by atoms with Crippen molar-refractivity contribution < 1.29 is 4.42 Å². The minimum absolute atomic E-state index is 0.424. The summed E-state index contributed by atoms with van der Waals surface area (Å²) in [6.07, 6.45) is 6.56. The van der Waals surface area contributed by atoms with Crippen LogP contribution >= 0.6 is 0 Å². The predicted molar refractivity (Wildman–Crippen MR) is 92.0 cm³/mol. The van der Waals surface area contributed by atoms with E-state index in [0.717, 1.165) is 18.2 Å². The summed E-state index contributed by atoms with van der Waals surface area (Å²) >= 11 is 0. The molecule has 3 nitrogen and oxygen atoms in total. The fourth-order valence-corrected chi connectivity index (χ4v) is 3.36. The van der Waals surface area contributed by atoms with Gasteiger partial charge >= 0.3 is 0 Å². The standard InChI is InChI=1S/C19H26N2O/c1-13-14(2)18(10-9-17(13)19-4-3-11-22-19)21-12-15-5-7-16(20)8-6-15/h3-4,9-11,15-16,21H,5-8,12,20H2,1-2H3. The summed E-state index contributed by atoms with van der Waals surface area (Å²) in [6, 6.07) is 8.70. The number of anilines is 1. The molecule has 3 rings (SSSR count). The van der Waals surface area contributed by atoms with Crippen LogP contribution in [0, 0.1) is 19.8 Å². The van der Waals surface area contributed by atoms with Crippen LogP contribution in [0.2, 0.25) is 0 Å². The highest BCUT2D eigenvalue weighted by atomic mass is 16.3. The number of nitrogens with one attached hydrogen (secondary N) is 1. The first kappa shape index (κ1) is 15.2. The van der Waals surface area contributed by atoms with Gasteiger partial charge in [0.15, 0.2) is 0 Å². The molecule has 1 heterocycles. The number of furan rings is 1. The first-order chi connectivity index (χ1) is 10.6. The van der Waals surface area contributed by atoms with E-state index < -0.39 is 0 Å². The van der Waals surface area contributed by atoms with Gasteiger partial charge in [0.05, 0.1) is 6.26 Å². The van der Waals surface area contributed by atoms with E-state index in [1.807, 2.05) is 12.1 Å². The molecule has 0 amide bonds. The van der Waals surface area contributed by atoms with Gasteiger partial charge in [-0.1, -0.05) is 0 Å². The molecule has 1 saturated carbocycles. The maximum absolute atomic E-state index is 5.98. The Morgan fingerprint density at radius 2 is 1.86 bits per heavy atom. The highest BCUT2D eigenvalue weighted by molar-refractivity contribution is 5.69. The van der Waals surface area contributed by atoms with Gasteiger partial charge in [-0.05, 0) is 80.8 Å². The Bertz CT molecular complexity index is 611. The number of hydrogen-bond acceptors (Lipinski definition) is 3. The van der Waals surface area contributed by atoms with Crippen molar-refractivity contribution in [2.24, 2.45) is 11.7 Å². The summed E-state index contributed by atoms with van der Waals surface area (Å²) in [7, 11) is 0. The summed E-state index contributed by atoms with van der Waals surface area (Å²) in [5.41, 5.74) is 11.0. The van der Waals surface area contributed by atoms with E-state index in [1.165, 1.54) is 48.1 Å². The minimum atomic E-state index is 0.424. The molecule has 3 heteroatoms. The lowest BCUT2D eigenvalue weighted by molar-refractivity contribution is 0.339. The third kappa shape index (κ3) is 3.20. The van der Waals surface area contributed by atoms with Crippen LogP contribution in [0.15, 0.2) is 34.9 Å². The van der Waals surface area contributed by atoms with Gasteiger partial charge in [0, 0.05) is 23.8 Å². The quantitative estimate of drug-likeness (QED) is 0.874. The van der Waals surface area contributed by atoms with Crippen molar-refractivity contribution in [2.75, 3.05) is 11.9 Å². The zero-order chi connectivity index (χ0) is 15.5. The van der Waals surface area contributed by atoms with Crippen molar-refractivity contribution in [3.05, 3.63) is 41.7 Å². The molecular formula is C19H26N2O. The zero-order valence-electron chi connectivity index (χ0n) is 13.6. The van der Waals surface area contributed by atoms with Crippen molar-refractivity contribution in [2.45, 2.75) is 45.6 Å². The average molecular weight is 298 g/mol. The fraction of sp³-hybridized carbons (Fsp3) is 0.474. The minimum Gasteiger partial charge on any atom is -0.464 e. The van der Waals surface area contributed by atoms with E-state index in [-0.39, 0.29) is 0 Å². The molecule has 0 spiro atoms. The molecule has 118 valence electrons. The second kappa shape index (κ2) is 6.57. The van der Waals surface area contributed by atoms with E-state index in [1.54, 1.807) is 6.26 Å². The molecule has 0 bridgehead atoms. The molecule has 0 radical (unpaired) electrons. The summed E-state index contributed by atoms with van der Waals surface area (Å²) < 4.78 is 5.53. The number of hydrogen-bond donors (Lipinski definition) is 2. The highest BCUT2D eigenvalue weighted by Crippen LogP contribution is 2.31. The summed E-state index contributed by atoms with van der Waals surface area (Å²) in [5, 5.41) is 3.64. The van der Waals surface area contributed by atoms with Gasteiger partial charge in [-0.15, -0.1) is 0 Å². The lowest BCUT2D eigenvalue weighted by Gasteiger charge is -2.27. The summed E-state index contributed by atoms with van der Waals surface area (Å²) in [5.74, 6) is 1.69. The molecule has 1 aliphatic carbocycles. The monoisotopic (exact) mass is 298 g/mol. The average Bonchev–Trinajstić information content (AvgIpc) is 3.04. The summed E-state index contributed by atoms with van der Waals surface area (Å²) in [6.45, 7) is 5.39. The van der Waals surface area contributed by atoms with E-state index in [9.17, 15) is 0 Å². The molecule has 1 fully saturated rings. The van der Waals surface area contributed by atoms with Crippen LogP contribution in [0.4, 0.5) is 5.69 Å². The lowest BCUT2D eigenvalue weighted by Crippen LogP contribution is -2.29. The predicted octanol–water partition coefficient (Wildman–Crippen LogP) is 4.49. The van der Waals surface area contributed by atoms with E-state index in [2.05, 4.69) is 31.3 Å². The molecule has 0 atom stereocenters. The van der Waals surface area contributed by atoms with Crippen molar-refractivity contribution in [3.8, 4) is 11.3 Å². The number of rotatable bonds is 4. The Hall–Kier alpha value is -1.74. The Morgan fingerprint density at radius 3 is 2.55 bits per heavy atom. The van der Waals surface area contributed by atoms with Gasteiger partial charge in [0.2, 0.25) is 0 Å². The molecular weight excluding hydrogens is 272 g/mol. The topological polar surface area (TPSA) is 51.2 Å². The molecule has 2 aromatic rings. The first-order valence-corrected chi connectivity index (χ1v) is 8.28. The Labute approximate surface area is 132 Å². The summed E-state index contributed by atoms with van der Waals surface area (Å²) in [4.78, 5) is 0. The van der Waals surface area contributed by atoms with Gasteiger partial charge in [-0.2, -0.15) is 0 Å². The molecule has 22 heavy (non-hydrogen) atoms. The van der Waals surface area contributed by atoms with Crippen LogP contribution < -0.4 is 11.1 Å². The van der Waals surface area contributed by atoms with Gasteiger partial charge in [0.25, 0.3) is 0 Å². The normalized spacial score (nSPS) is 21.8. The van der Waals surface area contributed by atoms with Crippen molar-refractivity contribution in [3.63, 3.8) is 0 Å². The second-order valence-corrected chi connectivity index (χ2v) is 6.55. The molecule has 1 aromatic carbocycles. The largest absolute Gasteiger partial charge is 0.464 e.